The van der Waals surface area contributed by atoms with Gasteiger partial charge in [-0.25, -0.2) is 0 Å². The summed E-state index contributed by atoms with van der Waals surface area (Å²) in [6, 6.07) is 13.6. The van der Waals surface area contributed by atoms with Gasteiger partial charge in [0, 0.05) is 5.02 Å². The van der Waals surface area contributed by atoms with Crippen molar-refractivity contribution in [1.29, 1.82) is 0 Å². The van der Waals surface area contributed by atoms with Crippen molar-refractivity contribution in [2.24, 2.45) is 0 Å². The standard InChI is InChI=1S/C14H11ClO/c1-14(16)12-5-3-2-4-10(12)11-7-6-9(15)8-13(11)14/h2-8,16H,1H3. The lowest BCUT2D eigenvalue weighted by atomic mass is 9.94. The molecule has 1 atom stereocenters. The van der Waals surface area contributed by atoms with Crippen LogP contribution < -0.4 is 0 Å². The summed E-state index contributed by atoms with van der Waals surface area (Å²) in [5, 5.41) is 11.2. The van der Waals surface area contributed by atoms with Crippen LogP contribution in [-0.4, -0.2) is 5.11 Å². The second-order valence-electron chi connectivity index (χ2n) is 4.31. The Balaban J connectivity index is 2.39. The van der Waals surface area contributed by atoms with E-state index in [1.807, 2.05) is 49.4 Å². The van der Waals surface area contributed by atoms with E-state index >= 15 is 0 Å². The van der Waals surface area contributed by atoms with Crippen LogP contribution in [0.15, 0.2) is 42.5 Å². The molecule has 80 valence electrons. The molecule has 2 aromatic rings. The zero-order valence-electron chi connectivity index (χ0n) is 8.87. The lowest BCUT2D eigenvalue weighted by Gasteiger charge is -2.19. The third kappa shape index (κ3) is 1.16. The second-order valence-corrected chi connectivity index (χ2v) is 4.74. The fourth-order valence-corrected chi connectivity index (χ4v) is 2.61. The summed E-state index contributed by atoms with van der Waals surface area (Å²) in [5.74, 6) is 0. The smallest absolute Gasteiger partial charge is 0.113 e. The summed E-state index contributed by atoms with van der Waals surface area (Å²) in [4.78, 5) is 0. The van der Waals surface area contributed by atoms with Gasteiger partial charge in [0.1, 0.15) is 5.60 Å². The van der Waals surface area contributed by atoms with E-state index in [0.717, 1.165) is 22.3 Å². The molecule has 1 unspecified atom stereocenters. The Bertz CT molecular complexity index is 573. The first-order chi connectivity index (χ1) is 7.60. The number of hydrogen-bond acceptors (Lipinski definition) is 1. The van der Waals surface area contributed by atoms with Gasteiger partial charge in [-0.1, -0.05) is 41.9 Å². The van der Waals surface area contributed by atoms with Gasteiger partial charge in [0.05, 0.1) is 0 Å². The maximum atomic E-state index is 10.6. The Labute approximate surface area is 99.3 Å². The van der Waals surface area contributed by atoms with Gasteiger partial charge in [0.25, 0.3) is 0 Å². The highest BCUT2D eigenvalue weighted by atomic mass is 35.5. The van der Waals surface area contributed by atoms with Gasteiger partial charge in [-0.05, 0) is 41.3 Å². The van der Waals surface area contributed by atoms with E-state index in [0.29, 0.717) is 5.02 Å². The van der Waals surface area contributed by atoms with E-state index in [9.17, 15) is 5.11 Å². The predicted molar refractivity (Wildman–Crippen MR) is 65.6 cm³/mol. The molecule has 0 radical (unpaired) electrons. The molecular weight excluding hydrogens is 220 g/mol. The van der Waals surface area contributed by atoms with Crippen LogP contribution in [0.1, 0.15) is 18.1 Å². The van der Waals surface area contributed by atoms with Crippen LogP contribution >= 0.6 is 11.6 Å². The normalized spacial score (nSPS) is 21.7. The molecule has 16 heavy (non-hydrogen) atoms. The van der Waals surface area contributed by atoms with Crippen LogP contribution in [-0.2, 0) is 5.60 Å². The summed E-state index contributed by atoms with van der Waals surface area (Å²) < 4.78 is 0. The molecule has 0 heterocycles. The maximum absolute atomic E-state index is 10.6. The van der Waals surface area contributed by atoms with E-state index in [-0.39, 0.29) is 0 Å². The lowest BCUT2D eigenvalue weighted by molar-refractivity contribution is 0.107. The Hall–Kier alpha value is -1.31. The zero-order valence-corrected chi connectivity index (χ0v) is 9.62. The molecule has 0 saturated carbocycles. The monoisotopic (exact) mass is 230 g/mol. The van der Waals surface area contributed by atoms with Crippen molar-refractivity contribution < 1.29 is 5.11 Å². The summed E-state index contributed by atoms with van der Waals surface area (Å²) in [7, 11) is 0. The van der Waals surface area contributed by atoms with Gasteiger partial charge in [0.2, 0.25) is 0 Å². The van der Waals surface area contributed by atoms with Crippen LogP contribution in [0.4, 0.5) is 0 Å². The number of halogens is 1. The minimum absolute atomic E-state index is 0.659. The number of rotatable bonds is 0. The summed E-state index contributed by atoms with van der Waals surface area (Å²) in [6.07, 6.45) is 0. The first-order valence-corrected chi connectivity index (χ1v) is 5.61. The highest BCUT2D eigenvalue weighted by Gasteiger charge is 2.37. The van der Waals surface area contributed by atoms with Crippen LogP contribution in [0.2, 0.25) is 5.02 Å². The van der Waals surface area contributed by atoms with Gasteiger partial charge in [-0.3, -0.25) is 0 Å². The molecule has 0 aliphatic heterocycles. The van der Waals surface area contributed by atoms with E-state index in [1.54, 1.807) is 0 Å². The molecule has 2 aromatic carbocycles. The number of fused-ring (bicyclic) bond motifs is 3. The van der Waals surface area contributed by atoms with Crippen molar-refractivity contribution in [3.05, 3.63) is 58.6 Å². The number of aliphatic hydroxyl groups is 1. The van der Waals surface area contributed by atoms with Crippen molar-refractivity contribution in [2.75, 3.05) is 0 Å². The van der Waals surface area contributed by atoms with E-state index < -0.39 is 5.60 Å². The molecule has 1 N–H and O–H groups in total. The topological polar surface area (TPSA) is 20.2 Å². The number of hydrogen-bond donors (Lipinski definition) is 1. The fourth-order valence-electron chi connectivity index (χ4n) is 2.44. The molecule has 0 fully saturated rings. The van der Waals surface area contributed by atoms with Crippen LogP contribution in [0.3, 0.4) is 0 Å². The Kier molecular flexibility index (Phi) is 1.91. The summed E-state index contributed by atoms with van der Waals surface area (Å²) >= 11 is 5.98. The third-order valence-corrected chi connectivity index (χ3v) is 3.48. The molecule has 1 nitrogen and oxygen atoms in total. The van der Waals surface area contributed by atoms with Gasteiger partial charge < -0.3 is 5.11 Å². The maximum Gasteiger partial charge on any atom is 0.113 e. The van der Waals surface area contributed by atoms with Crippen LogP contribution in [0.25, 0.3) is 11.1 Å². The second kappa shape index (κ2) is 3.09. The van der Waals surface area contributed by atoms with Gasteiger partial charge >= 0.3 is 0 Å². The predicted octanol–water partition coefficient (Wildman–Crippen LogP) is 3.58. The zero-order chi connectivity index (χ0) is 11.3. The molecule has 2 heteroatoms. The molecule has 1 aliphatic rings. The molecule has 0 aromatic heterocycles. The minimum Gasteiger partial charge on any atom is -0.381 e. The molecule has 0 amide bonds. The fraction of sp³-hybridized carbons (Fsp3) is 0.143. The first kappa shape index (κ1) is 9.88. The van der Waals surface area contributed by atoms with E-state index in [2.05, 4.69) is 0 Å². The molecule has 3 rings (SSSR count). The Morgan fingerprint density at radius 2 is 1.69 bits per heavy atom. The van der Waals surface area contributed by atoms with Crippen molar-refractivity contribution in [2.45, 2.75) is 12.5 Å². The van der Waals surface area contributed by atoms with E-state index in [4.69, 9.17) is 11.6 Å². The largest absolute Gasteiger partial charge is 0.381 e. The molecule has 0 saturated heterocycles. The van der Waals surface area contributed by atoms with E-state index in [1.165, 1.54) is 0 Å². The Morgan fingerprint density at radius 3 is 2.50 bits per heavy atom. The Morgan fingerprint density at radius 1 is 1.00 bits per heavy atom. The SMILES string of the molecule is CC1(O)c2ccccc2-c2ccc(Cl)cc21. The van der Waals surface area contributed by atoms with Gasteiger partial charge in [0.15, 0.2) is 0 Å². The quantitative estimate of drug-likeness (QED) is 0.734. The van der Waals surface area contributed by atoms with Crippen molar-refractivity contribution in [3.8, 4) is 11.1 Å². The van der Waals surface area contributed by atoms with Crippen LogP contribution in [0.5, 0.6) is 0 Å². The summed E-state index contributed by atoms with van der Waals surface area (Å²) in [5.41, 5.74) is 3.08. The molecule has 0 spiro atoms. The third-order valence-electron chi connectivity index (χ3n) is 3.25. The lowest BCUT2D eigenvalue weighted by Crippen LogP contribution is -2.19. The number of benzene rings is 2. The minimum atomic E-state index is -0.934. The van der Waals surface area contributed by atoms with Gasteiger partial charge in [-0.15, -0.1) is 0 Å². The van der Waals surface area contributed by atoms with Crippen molar-refractivity contribution in [3.63, 3.8) is 0 Å². The molecular formula is C14H11ClO. The van der Waals surface area contributed by atoms with Crippen molar-refractivity contribution >= 4 is 11.6 Å². The average Bonchev–Trinajstić information content (AvgIpc) is 2.49. The summed E-state index contributed by atoms with van der Waals surface area (Å²) in [6.45, 7) is 1.81. The molecule has 0 bridgehead atoms. The highest BCUT2D eigenvalue weighted by Crippen LogP contribution is 2.47. The van der Waals surface area contributed by atoms with Gasteiger partial charge in [-0.2, -0.15) is 0 Å². The first-order valence-electron chi connectivity index (χ1n) is 5.23. The average molecular weight is 231 g/mol. The highest BCUT2D eigenvalue weighted by molar-refractivity contribution is 6.30. The van der Waals surface area contributed by atoms with Crippen LogP contribution in [0, 0.1) is 0 Å². The van der Waals surface area contributed by atoms with Crippen molar-refractivity contribution in [1.82, 2.24) is 0 Å². The molecule has 1 aliphatic carbocycles.